The number of amides is 1. The number of ketones is 1. The van der Waals surface area contributed by atoms with Crippen molar-refractivity contribution in [2.45, 2.75) is 39.5 Å². The number of hydrogen-bond donors (Lipinski definition) is 2. The Kier molecular flexibility index (Phi) is 5.54. The lowest BCUT2D eigenvalue weighted by Crippen LogP contribution is -2.45. The van der Waals surface area contributed by atoms with Gasteiger partial charge in [0, 0.05) is 54.0 Å². The fraction of sp³-hybridized carbons (Fsp3) is 0.478. The third kappa shape index (κ3) is 3.88. The molecule has 0 spiro atoms. The molecule has 9 heteroatoms. The summed E-state index contributed by atoms with van der Waals surface area (Å²) in [6, 6.07) is 4.07. The lowest BCUT2D eigenvalue weighted by molar-refractivity contribution is -0.385. The number of aromatic hydroxyl groups is 1. The van der Waals surface area contributed by atoms with Gasteiger partial charge in [-0.15, -0.1) is 0 Å². The van der Waals surface area contributed by atoms with Crippen LogP contribution in [0.4, 0.5) is 5.69 Å². The van der Waals surface area contributed by atoms with E-state index >= 15 is 0 Å². The number of nitrogens with zero attached hydrogens (tertiary/aromatic N) is 2. The number of hydrogen-bond acceptors (Lipinski definition) is 7. The molecule has 1 aromatic rings. The first-order valence-corrected chi connectivity index (χ1v) is 10.7. The number of dihydropyridines is 1. The number of morpholine rings is 1. The Morgan fingerprint density at radius 3 is 2.62 bits per heavy atom. The molecule has 1 fully saturated rings. The number of allylic oxidation sites excluding steroid dienone is 3. The molecule has 1 aliphatic carbocycles. The van der Waals surface area contributed by atoms with Crippen LogP contribution < -0.4 is 5.32 Å². The van der Waals surface area contributed by atoms with Crippen LogP contribution in [0, 0.1) is 15.5 Å². The fourth-order valence-corrected chi connectivity index (χ4v) is 4.86. The van der Waals surface area contributed by atoms with Crippen LogP contribution in [0.1, 0.15) is 45.1 Å². The molecule has 9 nitrogen and oxygen atoms in total. The van der Waals surface area contributed by atoms with Crippen molar-refractivity contribution in [3.63, 3.8) is 0 Å². The maximum absolute atomic E-state index is 13.6. The number of rotatable bonds is 3. The normalized spacial score (nSPS) is 23.0. The second kappa shape index (κ2) is 8.05. The van der Waals surface area contributed by atoms with Gasteiger partial charge in [-0.25, -0.2) is 0 Å². The highest BCUT2D eigenvalue weighted by Gasteiger charge is 2.44. The standard InChI is InChI=1S/C23H27N3O6/c1-13-19(22(29)25-6-8-32-9-7-25)20(14-4-5-17(27)16(10-14)26(30)31)21-15(24-13)11-23(2,3)12-18(21)28/h4-5,10,20,24,27H,6-9,11-12H2,1-3H3/t20-/m1/s1. The number of phenols is 1. The molecule has 0 radical (unpaired) electrons. The average molecular weight is 441 g/mol. The number of phenolic OH excluding ortho intramolecular Hbond substituents is 1. The van der Waals surface area contributed by atoms with Crippen LogP contribution >= 0.6 is 0 Å². The zero-order valence-electron chi connectivity index (χ0n) is 18.4. The average Bonchev–Trinajstić information content (AvgIpc) is 2.72. The third-order valence-corrected chi connectivity index (χ3v) is 6.30. The number of nitro benzene ring substituents is 1. The molecular weight excluding hydrogens is 414 g/mol. The minimum atomic E-state index is -0.746. The summed E-state index contributed by atoms with van der Waals surface area (Å²) >= 11 is 0. The van der Waals surface area contributed by atoms with Crippen molar-refractivity contribution in [2.24, 2.45) is 5.41 Å². The number of benzene rings is 1. The first-order chi connectivity index (χ1) is 15.1. The maximum atomic E-state index is 13.6. The first-order valence-electron chi connectivity index (χ1n) is 10.7. The van der Waals surface area contributed by atoms with Crippen molar-refractivity contribution in [1.29, 1.82) is 0 Å². The first kappa shape index (κ1) is 22.0. The molecule has 1 atom stereocenters. The molecule has 2 N–H and O–H groups in total. The van der Waals surface area contributed by atoms with E-state index in [1.165, 1.54) is 12.1 Å². The van der Waals surface area contributed by atoms with E-state index in [2.05, 4.69) is 5.32 Å². The van der Waals surface area contributed by atoms with Gasteiger partial charge in [0.15, 0.2) is 11.5 Å². The van der Waals surface area contributed by atoms with Gasteiger partial charge in [-0.1, -0.05) is 19.9 Å². The number of Topliss-reactive ketones (excluding diaryl/α,β-unsaturated/α-hetero) is 1. The minimum Gasteiger partial charge on any atom is -0.502 e. The van der Waals surface area contributed by atoms with Gasteiger partial charge < -0.3 is 20.1 Å². The summed E-state index contributed by atoms with van der Waals surface area (Å²) in [6.45, 7) is 7.57. The van der Waals surface area contributed by atoms with E-state index in [4.69, 9.17) is 4.74 Å². The molecule has 0 aromatic heterocycles. The Bertz CT molecular complexity index is 1070. The summed E-state index contributed by atoms with van der Waals surface area (Å²) in [4.78, 5) is 39.4. The number of carbonyl (C=O) groups excluding carboxylic acids is 2. The summed E-state index contributed by atoms with van der Waals surface area (Å²) < 4.78 is 5.36. The van der Waals surface area contributed by atoms with E-state index in [1.807, 2.05) is 13.8 Å². The van der Waals surface area contributed by atoms with Crippen molar-refractivity contribution in [2.75, 3.05) is 26.3 Å². The van der Waals surface area contributed by atoms with Gasteiger partial charge in [0.2, 0.25) is 0 Å². The topological polar surface area (TPSA) is 122 Å². The highest BCUT2D eigenvalue weighted by atomic mass is 16.6. The molecule has 170 valence electrons. The molecule has 32 heavy (non-hydrogen) atoms. The predicted octanol–water partition coefficient (Wildman–Crippen LogP) is 2.76. The maximum Gasteiger partial charge on any atom is 0.310 e. The SMILES string of the molecule is CC1=C(C(=O)N2CCOCC2)[C@@H](c2ccc(O)c([N+](=O)[O-])c2)C2=C(CC(C)(C)CC2=O)N1. The van der Waals surface area contributed by atoms with Crippen LogP contribution in [-0.4, -0.2) is 52.9 Å². The van der Waals surface area contributed by atoms with Crippen molar-refractivity contribution < 1.29 is 24.4 Å². The Morgan fingerprint density at radius 1 is 1.28 bits per heavy atom. The zero-order chi connectivity index (χ0) is 23.2. The molecule has 0 bridgehead atoms. The number of nitrogens with one attached hydrogen (secondary N) is 1. The van der Waals surface area contributed by atoms with E-state index in [0.717, 1.165) is 5.70 Å². The quantitative estimate of drug-likeness (QED) is 0.546. The molecule has 0 saturated carbocycles. The Morgan fingerprint density at radius 2 is 1.97 bits per heavy atom. The Hall–Kier alpha value is -3.20. The Labute approximate surface area is 185 Å². The van der Waals surface area contributed by atoms with Gasteiger partial charge in [-0.3, -0.25) is 19.7 Å². The van der Waals surface area contributed by atoms with Crippen molar-refractivity contribution in [3.05, 3.63) is 56.4 Å². The molecule has 4 rings (SSSR count). The monoisotopic (exact) mass is 441 g/mol. The van der Waals surface area contributed by atoms with Gasteiger partial charge in [0.25, 0.3) is 5.91 Å². The van der Waals surface area contributed by atoms with Gasteiger partial charge >= 0.3 is 5.69 Å². The van der Waals surface area contributed by atoms with Gasteiger partial charge in [-0.2, -0.15) is 0 Å². The van der Waals surface area contributed by atoms with E-state index in [0.29, 0.717) is 61.6 Å². The van der Waals surface area contributed by atoms with Crippen LogP contribution in [0.25, 0.3) is 0 Å². The molecular formula is C23H27N3O6. The van der Waals surface area contributed by atoms with Crippen LogP contribution in [0.5, 0.6) is 5.75 Å². The lowest BCUT2D eigenvalue weighted by Gasteiger charge is -2.40. The van der Waals surface area contributed by atoms with E-state index in [-0.39, 0.29) is 17.1 Å². The van der Waals surface area contributed by atoms with Crippen molar-refractivity contribution in [3.8, 4) is 5.75 Å². The summed E-state index contributed by atoms with van der Waals surface area (Å²) in [5, 5.41) is 24.7. The Balaban J connectivity index is 1.88. The predicted molar refractivity (Wildman–Crippen MR) is 116 cm³/mol. The summed E-state index contributed by atoms with van der Waals surface area (Å²) in [5.74, 6) is -1.50. The van der Waals surface area contributed by atoms with Gasteiger partial charge in [-0.05, 0) is 30.4 Å². The molecule has 0 unspecified atom stereocenters. The van der Waals surface area contributed by atoms with Crippen LogP contribution in [0.15, 0.2) is 40.7 Å². The smallest absolute Gasteiger partial charge is 0.310 e. The fourth-order valence-electron chi connectivity index (χ4n) is 4.86. The van der Waals surface area contributed by atoms with Crippen LogP contribution in [0.3, 0.4) is 0 Å². The number of nitro groups is 1. The molecule has 3 aliphatic rings. The van der Waals surface area contributed by atoms with Gasteiger partial charge in [0.05, 0.1) is 18.1 Å². The minimum absolute atomic E-state index is 0.0794. The molecule has 1 aromatic carbocycles. The van der Waals surface area contributed by atoms with Crippen molar-refractivity contribution in [1.82, 2.24) is 10.2 Å². The van der Waals surface area contributed by atoms with E-state index < -0.39 is 22.3 Å². The summed E-state index contributed by atoms with van der Waals surface area (Å²) in [7, 11) is 0. The van der Waals surface area contributed by atoms with Crippen molar-refractivity contribution >= 4 is 17.4 Å². The molecule has 2 heterocycles. The number of ether oxygens (including phenoxy) is 1. The number of carbonyl (C=O) groups is 2. The largest absolute Gasteiger partial charge is 0.502 e. The summed E-state index contributed by atoms with van der Waals surface area (Å²) in [6.07, 6.45) is 0.948. The molecule has 1 saturated heterocycles. The second-order valence-corrected chi connectivity index (χ2v) is 9.34. The van der Waals surface area contributed by atoms with Crippen LogP contribution in [-0.2, 0) is 14.3 Å². The molecule has 1 amide bonds. The highest BCUT2D eigenvalue weighted by Crippen LogP contribution is 2.47. The zero-order valence-corrected chi connectivity index (χ0v) is 18.4. The highest BCUT2D eigenvalue weighted by molar-refractivity contribution is 6.05. The third-order valence-electron chi connectivity index (χ3n) is 6.30. The summed E-state index contributed by atoms with van der Waals surface area (Å²) in [5.41, 5.74) is 2.01. The van der Waals surface area contributed by atoms with E-state index in [9.17, 15) is 24.8 Å². The second-order valence-electron chi connectivity index (χ2n) is 9.34. The van der Waals surface area contributed by atoms with Crippen LogP contribution in [0.2, 0.25) is 0 Å². The lowest BCUT2D eigenvalue weighted by atomic mass is 9.68. The molecule has 2 aliphatic heterocycles. The van der Waals surface area contributed by atoms with Gasteiger partial charge in [0.1, 0.15) is 0 Å². The van der Waals surface area contributed by atoms with E-state index in [1.54, 1.807) is 17.9 Å².